The SMILES string of the molecule is CC(C)C1=C2[C@H]3CC[C@@H]4[C@@]5(C)CC[C@H](OC(=O)CC(C)(C)C(=O)OC(C)(C)C)C(C)(C)[C@@H]5CC[C@@]4(C)[C@]3(C)CC[C@@]2(C2CO2)CC1=O. The van der Waals surface area contributed by atoms with Crippen LogP contribution < -0.4 is 0 Å². The number of esters is 2. The third-order valence-corrected chi connectivity index (χ3v) is 15.2. The van der Waals surface area contributed by atoms with Crippen LogP contribution in [-0.4, -0.2) is 42.1 Å². The van der Waals surface area contributed by atoms with Gasteiger partial charge in [-0.1, -0.05) is 54.0 Å². The lowest BCUT2D eigenvalue weighted by Crippen LogP contribution is -2.66. The summed E-state index contributed by atoms with van der Waals surface area (Å²) in [6.07, 6.45) is 9.54. The van der Waals surface area contributed by atoms with Crippen molar-refractivity contribution in [1.82, 2.24) is 0 Å². The Labute approximate surface area is 284 Å². The van der Waals surface area contributed by atoms with Gasteiger partial charge in [-0.15, -0.1) is 0 Å². The van der Waals surface area contributed by atoms with Crippen LogP contribution in [0.25, 0.3) is 0 Å². The summed E-state index contributed by atoms with van der Waals surface area (Å²) >= 11 is 0. The molecule has 6 aliphatic rings. The molecule has 0 radical (unpaired) electrons. The van der Waals surface area contributed by atoms with Gasteiger partial charge in [0, 0.05) is 17.3 Å². The van der Waals surface area contributed by atoms with Crippen LogP contribution in [0, 0.1) is 56.2 Å². The van der Waals surface area contributed by atoms with Crippen molar-refractivity contribution in [2.24, 2.45) is 56.2 Å². The van der Waals surface area contributed by atoms with Gasteiger partial charge >= 0.3 is 11.9 Å². The predicted molar refractivity (Wildman–Crippen MR) is 183 cm³/mol. The summed E-state index contributed by atoms with van der Waals surface area (Å²) in [5.74, 6) is 1.46. The smallest absolute Gasteiger partial charge is 0.312 e. The molecular weight excluding hydrogens is 588 g/mol. The normalized spacial score (nSPS) is 42.7. The molecule has 0 spiro atoms. The number of fused-ring (bicyclic) bond motifs is 7. The number of allylic oxidation sites excluding steroid dienone is 1. The van der Waals surface area contributed by atoms with Crippen molar-refractivity contribution in [2.45, 2.75) is 165 Å². The number of hydrogen-bond donors (Lipinski definition) is 0. The van der Waals surface area contributed by atoms with E-state index >= 15 is 0 Å². The average Bonchev–Trinajstić information content (AvgIpc) is 3.73. The van der Waals surface area contributed by atoms with E-state index in [2.05, 4.69) is 48.5 Å². The highest BCUT2D eigenvalue weighted by Crippen LogP contribution is 2.77. The zero-order valence-corrected chi connectivity index (χ0v) is 31.7. The fourth-order valence-electron chi connectivity index (χ4n) is 12.7. The second kappa shape index (κ2) is 10.9. The number of hydrogen-bond acceptors (Lipinski definition) is 6. The minimum Gasteiger partial charge on any atom is -0.462 e. The summed E-state index contributed by atoms with van der Waals surface area (Å²) in [4.78, 5) is 40.0. The quantitative estimate of drug-likeness (QED) is 0.210. The van der Waals surface area contributed by atoms with Gasteiger partial charge in [0.2, 0.25) is 0 Å². The highest BCUT2D eigenvalue weighted by Gasteiger charge is 2.71. The van der Waals surface area contributed by atoms with E-state index in [1.165, 1.54) is 24.8 Å². The molecule has 1 aliphatic heterocycles. The van der Waals surface area contributed by atoms with Crippen LogP contribution in [0.3, 0.4) is 0 Å². The third-order valence-electron chi connectivity index (χ3n) is 15.2. The molecule has 6 rings (SSSR count). The van der Waals surface area contributed by atoms with Crippen molar-refractivity contribution in [3.8, 4) is 0 Å². The van der Waals surface area contributed by atoms with Crippen LogP contribution in [0.5, 0.6) is 0 Å². The van der Waals surface area contributed by atoms with Crippen molar-refractivity contribution >= 4 is 17.7 Å². The fourth-order valence-corrected chi connectivity index (χ4v) is 12.7. The maximum absolute atomic E-state index is 13.7. The first-order chi connectivity index (χ1) is 21.5. The Kier molecular flexibility index (Phi) is 8.15. The molecule has 264 valence electrons. The molecule has 0 amide bonds. The Morgan fingerprint density at radius 1 is 0.872 bits per heavy atom. The molecule has 5 fully saturated rings. The Balaban J connectivity index is 1.24. The van der Waals surface area contributed by atoms with Crippen molar-refractivity contribution in [3.05, 3.63) is 11.1 Å². The van der Waals surface area contributed by atoms with Gasteiger partial charge in [0.25, 0.3) is 0 Å². The number of ether oxygens (including phenoxy) is 3. The van der Waals surface area contributed by atoms with Crippen LogP contribution in [0.4, 0.5) is 0 Å². The van der Waals surface area contributed by atoms with Crippen molar-refractivity contribution < 1.29 is 28.6 Å². The first-order valence-corrected chi connectivity index (χ1v) is 18.9. The predicted octanol–water partition coefficient (Wildman–Crippen LogP) is 9.04. The van der Waals surface area contributed by atoms with Crippen molar-refractivity contribution in [1.29, 1.82) is 0 Å². The molecule has 5 aliphatic carbocycles. The van der Waals surface area contributed by atoms with Crippen LogP contribution in [0.1, 0.15) is 147 Å². The zero-order valence-electron chi connectivity index (χ0n) is 31.7. The molecule has 6 heteroatoms. The Bertz CT molecular complexity index is 1360. The fraction of sp³-hybridized carbons (Fsp3) is 0.878. The van der Waals surface area contributed by atoms with Gasteiger partial charge in [-0.25, -0.2) is 0 Å². The zero-order chi connectivity index (χ0) is 34.8. The van der Waals surface area contributed by atoms with Gasteiger partial charge in [-0.05, 0) is 131 Å². The maximum Gasteiger partial charge on any atom is 0.312 e. The molecule has 0 bridgehead atoms. The standard InChI is InChI=1S/C41H64O6/c1-24(2)32-26(42)21-41(30-23-45-30)20-19-39(11)25(33(32)41)13-14-28-38(10)17-16-29(37(8,9)27(38)15-18-40(28,39)12)46-31(43)22-36(6,7)34(44)47-35(3,4)5/h24-25,27-30H,13-23H2,1-12H3/t25-,27+,28-,29+,30?,38+,39-,40-,41+/m1/s1. The topological polar surface area (TPSA) is 82.2 Å². The van der Waals surface area contributed by atoms with Gasteiger partial charge in [0.1, 0.15) is 11.7 Å². The van der Waals surface area contributed by atoms with Crippen LogP contribution in [0.2, 0.25) is 0 Å². The van der Waals surface area contributed by atoms with E-state index in [0.717, 1.165) is 44.3 Å². The lowest BCUT2D eigenvalue weighted by molar-refractivity contribution is -0.234. The van der Waals surface area contributed by atoms with E-state index in [1.807, 2.05) is 20.8 Å². The van der Waals surface area contributed by atoms with Gasteiger partial charge < -0.3 is 14.2 Å². The molecule has 1 saturated heterocycles. The summed E-state index contributed by atoms with van der Waals surface area (Å²) in [6.45, 7) is 26.8. The van der Waals surface area contributed by atoms with Crippen LogP contribution >= 0.6 is 0 Å². The van der Waals surface area contributed by atoms with Gasteiger partial charge in [-0.2, -0.15) is 0 Å². The lowest BCUT2D eigenvalue weighted by Gasteiger charge is -2.72. The number of Topliss-reactive ketones (excluding diaryl/α,β-unsaturated/α-hetero) is 1. The van der Waals surface area contributed by atoms with Crippen molar-refractivity contribution in [3.63, 3.8) is 0 Å². The summed E-state index contributed by atoms with van der Waals surface area (Å²) in [7, 11) is 0. The summed E-state index contributed by atoms with van der Waals surface area (Å²) < 4.78 is 18.0. The van der Waals surface area contributed by atoms with Gasteiger partial charge in [-0.3, -0.25) is 14.4 Å². The average molecular weight is 653 g/mol. The van der Waals surface area contributed by atoms with Gasteiger partial charge in [0.15, 0.2) is 5.78 Å². The molecule has 1 heterocycles. The molecule has 0 N–H and O–H groups in total. The van der Waals surface area contributed by atoms with E-state index in [-0.39, 0.29) is 63.6 Å². The molecule has 9 atom stereocenters. The molecular formula is C41H64O6. The van der Waals surface area contributed by atoms with E-state index in [1.54, 1.807) is 13.8 Å². The van der Waals surface area contributed by atoms with E-state index in [9.17, 15) is 14.4 Å². The summed E-state index contributed by atoms with van der Waals surface area (Å²) in [6, 6.07) is 0. The van der Waals surface area contributed by atoms with Crippen LogP contribution in [0.15, 0.2) is 11.1 Å². The second-order valence-electron chi connectivity index (χ2n) is 20.1. The number of epoxide rings is 1. The Morgan fingerprint density at radius 3 is 2.13 bits per heavy atom. The van der Waals surface area contributed by atoms with Crippen molar-refractivity contribution in [2.75, 3.05) is 6.61 Å². The Hall–Kier alpha value is -1.69. The number of carbonyl (C=O) groups excluding carboxylic acids is 3. The molecule has 0 aromatic carbocycles. The summed E-state index contributed by atoms with van der Waals surface area (Å²) in [5.41, 5.74) is 1.35. The molecule has 4 saturated carbocycles. The number of ketones is 1. The third kappa shape index (κ3) is 5.22. The summed E-state index contributed by atoms with van der Waals surface area (Å²) in [5, 5.41) is 0. The van der Waals surface area contributed by atoms with E-state index < -0.39 is 11.0 Å². The maximum atomic E-state index is 13.7. The highest BCUT2D eigenvalue weighted by molar-refractivity contribution is 6.01. The minimum absolute atomic E-state index is 0.0149. The number of carbonyl (C=O) groups is 3. The highest BCUT2D eigenvalue weighted by atomic mass is 16.6. The first-order valence-electron chi connectivity index (χ1n) is 18.9. The largest absolute Gasteiger partial charge is 0.462 e. The molecule has 6 nitrogen and oxygen atoms in total. The molecule has 1 unspecified atom stereocenters. The Morgan fingerprint density at radius 2 is 1.53 bits per heavy atom. The lowest BCUT2D eigenvalue weighted by atomic mass is 9.33. The monoisotopic (exact) mass is 652 g/mol. The van der Waals surface area contributed by atoms with Crippen LogP contribution in [-0.2, 0) is 28.6 Å². The van der Waals surface area contributed by atoms with E-state index in [0.29, 0.717) is 30.0 Å². The molecule has 0 aromatic rings. The second-order valence-corrected chi connectivity index (χ2v) is 20.1. The minimum atomic E-state index is -0.948. The first kappa shape index (κ1) is 35.1. The van der Waals surface area contributed by atoms with E-state index in [4.69, 9.17) is 14.2 Å². The molecule has 0 aromatic heterocycles. The number of rotatable bonds is 6. The van der Waals surface area contributed by atoms with Gasteiger partial charge in [0.05, 0.1) is 24.5 Å². The molecule has 47 heavy (non-hydrogen) atoms.